The molecule has 0 unspecified atom stereocenters. The molecule has 8 nitrogen and oxygen atoms in total. The summed E-state index contributed by atoms with van der Waals surface area (Å²) in [7, 11) is 0. The second-order valence-corrected chi connectivity index (χ2v) is 3.77. The van der Waals surface area contributed by atoms with E-state index in [2.05, 4.69) is 0 Å². The largest absolute Gasteiger partial charge is 0.507 e. The average Bonchev–Trinajstić information content (AvgIpc) is 2.26. The van der Waals surface area contributed by atoms with E-state index in [1.807, 2.05) is 0 Å². The van der Waals surface area contributed by atoms with Crippen LogP contribution in [0.25, 0.3) is 0 Å². The molecule has 3 amide bonds. The summed E-state index contributed by atoms with van der Waals surface area (Å²) in [5.74, 6) is -3.60. The van der Waals surface area contributed by atoms with Crippen molar-refractivity contribution in [2.24, 2.45) is 11.5 Å². The van der Waals surface area contributed by atoms with Crippen molar-refractivity contribution < 1.29 is 24.6 Å². The van der Waals surface area contributed by atoms with E-state index in [-0.39, 0.29) is 0 Å². The van der Waals surface area contributed by atoms with Crippen LogP contribution in [0.4, 0.5) is 0 Å². The van der Waals surface area contributed by atoms with Gasteiger partial charge in [-0.3, -0.25) is 14.4 Å². The molecule has 1 aromatic rings. The fourth-order valence-corrected chi connectivity index (χ4v) is 1.48. The zero-order valence-electron chi connectivity index (χ0n) is 9.87. The van der Waals surface area contributed by atoms with Crippen molar-refractivity contribution in [1.29, 1.82) is 0 Å². The van der Waals surface area contributed by atoms with Gasteiger partial charge in [-0.05, 0) is 12.1 Å². The Hall–Kier alpha value is -2.77. The second-order valence-electron chi connectivity index (χ2n) is 3.77. The molecule has 102 valence electrons. The first-order valence-corrected chi connectivity index (χ1v) is 5.19. The van der Waals surface area contributed by atoms with Crippen molar-refractivity contribution in [3.05, 3.63) is 23.8 Å². The van der Waals surface area contributed by atoms with Gasteiger partial charge in [0.2, 0.25) is 11.8 Å². The van der Waals surface area contributed by atoms with E-state index in [4.69, 9.17) is 11.5 Å². The van der Waals surface area contributed by atoms with Crippen LogP contribution >= 0.6 is 0 Å². The van der Waals surface area contributed by atoms with Gasteiger partial charge in [-0.2, -0.15) is 0 Å². The van der Waals surface area contributed by atoms with Crippen molar-refractivity contribution in [3.63, 3.8) is 0 Å². The molecule has 0 aliphatic carbocycles. The summed E-state index contributed by atoms with van der Waals surface area (Å²) in [6.07, 6.45) is 0. The van der Waals surface area contributed by atoms with Crippen molar-refractivity contribution in [2.45, 2.75) is 0 Å². The normalized spacial score (nSPS) is 9.89. The van der Waals surface area contributed by atoms with Crippen LogP contribution in [0.15, 0.2) is 18.2 Å². The van der Waals surface area contributed by atoms with Crippen molar-refractivity contribution in [3.8, 4) is 11.5 Å². The Labute approximate surface area is 108 Å². The molecule has 0 saturated heterocycles. The van der Waals surface area contributed by atoms with E-state index in [1.54, 1.807) is 0 Å². The monoisotopic (exact) mass is 267 g/mol. The fraction of sp³-hybridized carbons (Fsp3) is 0.182. The number of hydrogen-bond acceptors (Lipinski definition) is 5. The minimum atomic E-state index is -0.923. The molecular weight excluding hydrogens is 254 g/mol. The third kappa shape index (κ3) is 3.60. The minimum absolute atomic E-state index is 0.426. The summed E-state index contributed by atoms with van der Waals surface area (Å²) in [6, 6.07) is 3.69. The lowest BCUT2D eigenvalue weighted by atomic mass is 10.1. The predicted octanol–water partition coefficient (Wildman–Crippen LogP) is -1.49. The first kappa shape index (κ1) is 14.3. The SMILES string of the molecule is NC(=O)CN(CC(N)=O)C(=O)c1c(O)cccc1O. The van der Waals surface area contributed by atoms with Crippen LogP contribution in [0, 0.1) is 0 Å². The Morgan fingerprint density at radius 3 is 1.79 bits per heavy atom. The molecule has 1 rings (SSSR count). The zero-order chi connectivity index (χ0) is 14.6. The van der Waals surface area contributed by atoms with E-state index in [9.17, 15) is 24.6 Å². The van der Waals surface area contributed by atoms with Gasteiger partial charge in [0.1, 0.15) is 30.2 Å². The van der Waals surface area contributed by atoms with Crippen LogP contribution in [0.3, 0.4) is 0 Å². The van der Waals surface area contributed by atoms with Crippen molar-refractivity contribution in [1.82, 2.24) is 4.90 Å². The predicted molar refractivity (Wildman–Crippen MR) is 64.1 cm³/mol. The summed E-state index contributed by atoms with van der Waals surface area (Å²) in [4.78, 5) is 34.5. The summed E-state index contributed by atoms with van der Waals surface area (Å²) in [5.41, 5.74) is 9.48. The molecule has 0 bridgehead atoms. The fourth-order valence-electron chi connectivity index (χ4n) is 1.48. The Morgan fingerprint density at radius 2 is 1.42 bits per heavy atom. The highest BCUT2D eigenvalue weighted by molar-refractivity contribution is 6.02. The maximum Gasteiger partial charge on any atom is 0.262 e. The van der Waals surface area contributed by atoms with Gasteiger partial charge in [-0.25, -0.2) is 0 Å². The smallest absolute Gasteiger partial charge is 0.262 e. The number of phenolic OH excluding ortho intramolecular Hbond substituents is 2. The lowest BCUT2D eigenvalue weighted by molar-refractivity contribution is -0.121. The van der Waals surface area contributed by atoms with Gasteiger partial charge in [0.05, 0.1) is 0 Å². The number of aromatic hydroxyl groups is 2. The molecule has 0 fully saturated rings. The summed E-state index contributed by atoms with van der Waals surface area (Å²) >= 11 is 0. The number of hydrogen-bond donors (Lipinski definition) is 4. The Balaban J connectivity index is 3.11. The first-order chi connectivity index (χ1) is 8.82. The van der Waals surface area contributed by atoms with Crippen LogP contribution in [0.5, 0.6) is 11.5 Å². The molecule has 0 heterocycles. The number of carbonyl (C=O) groups is 3. The first-order valence-electron chi connectivity index (χ1n) is 5.19. The molecule has 0 aliphatic heterocycles. The number of nitrogens with two attached hydrogens (primary N) is 2. The lowest BCUT2D eigenvalue weighted by Crippen LogP contribution is -2.43. The van der Waals surface area contributed by atoms with Crippen LogP contribution in [0.2, 0.25) is 0 Å². The highest BCUT2D eigenvalue weighted by Crippen LogP contribution is 2.27. The van der Waals surface area contributed by atoms with E-state index in [0.29, 0.717) is 0 Å². The highest BCUT2D eigenvalue weighted by atomic mass is 16.3. The van der Waals surface area contributed by atoms with Gasteiger partial charge in [0.15, 0.2) is 0 Å². The summed E-state index contributed by atoms with van der Waals surface area (Å²) < 4.78 is 0. The Bertz CT molecular complexity index is 493. The summed E-state index contributed by atoms with van der Waals surface area (Å²) in [5, 5.41) is 19.1. The standard InChI is InChI=1S/C11H13N3O5/c12-8(17)4-14(5-9(13)18)11(19)10-6(15)2-1-3-7(10)16/h1-3,15-16H,4-5H2,(H2,12,17)(H2,13,18). The molecule has 1 aromatic carbocycles. The van der Waals surface area contributed by atoms with Crippen LogP contribution < -0.4 is 11.5 Å². The van der Waals surface area contributed by atoms with Crippen molar-refractivity contribution >= 4 is 17.7 Å². The number of rotatable bonds is 5. The van der Waals surface area contributed by atoms with E-state index in [1.165, 1.54) is 18.2 Å². The molecule has 0 saturated carbocycles. The zero-order valence-corrected chi connectivity index (χ0v) is 9.87. The van der Waals surface area contributed by atoms with E-state index in [0.717, 1.165) is 4.90 Å². The van der Waals surface area contributed by atoms with E-state index >= 15 is 0 Å². The molecule has 0 aromatic heterocycles. The molecule has 8 heteroatoms. The third-order valence-corrected chi connectivity index (χ3v) is 2.21. The number of nitrogens with zero attached hydrogens (tertiary/aromatic N) is 1. The molecular formula is C11H13N3O5. The molecule has 19 heavy (non-hydrogen) atoms. The number of carbonyl (C=O) groups excluding carboxylic acids is 3. The van der Waals surface area contributed by atoms with Gasteiger partial charge in [0, 0.05) is 0 Å². The Morgan fingerprint density at radius 1 is 1.00 bits per heavy atom. The molecule has 0 aliphatic rings. The lowest BCUT2D eigenvalue weighted by Gasteiger charge is -2.20. The maximum absolute atomic E-state index is 12.0. The number of primary amides is 2. The molecule has 6 N–H and O–H groups in total. The molecule has 0 atom stereocenters. The van der Waals surface area contributed by atoms with Crippen molar-refractivity contribution in [2.75, 3.05) is 13.1 Å². The number of phenols is 2. The average molecular weight is 267 g/mol. The maximum atomic E-state index is 12.0. The number of amides is 3. The van der Waals surface area contributed by atoms with Gasteiger partial charge >= 0.3 is 0 Å². The van der Waals surface area contributed by atoms with Gasteiger partial charge in [-0.1, -0.05) is 6.07 Å². The van der Waals surface area contributed by atoms with Crippen LogP contribution in [-0.2, 0) is 9.59 Å². The second kappa shape index (κ2) is 5.71. The quantitative estimate of drug-likeness (QED) is 0.513. The topological polar surface area (TPSA) is 147 Å². The molecule has 0 spiro atoms. The van der Waals surface area contributed by atoms with E-state index < -0.39 is 47.9 Å². The van der Waals surface area contributed by atoms with Gasteiger partial charge in [-0.15, -0.1) is 0 Å². The Kier molecular flexibility index (Phi) is 4.30. The third-order valence-electron chi connectivity index (χ3n) is 2.21. The number of benzene rings is 1. The van der Waals surface area contributed by atoms with Gasteiger partial charge < -0.3 is 26.6 Å². The summed E-state index contributed by atoms with van der Waals surface area (Å²) in [6.45, 7) is -1.12. The minimum Gasteiger partial charge on any atom is -0.507 e. The highest BCUT2D eigenvalue weighted by Gasteiger charge is 2.24. The van der Waals surface area contributed by atoms with Gasteiger partial charge in [0.25, 0.3) is 5.91 Å². The van der Waals surface area contributed by atoms with Crippen LogP contribution in [-0.4, -0.2) is 45.9 Å². The molecule has 0 radical (unpaired) electrons. The van der Waals surface area contributed by atoms with Crippen LogP contribution in [0.1, 0.15) is 10.4 Å².